The first-order valence-corrected chi connectivity index (χ1v) is 9.87. The van der Waals surface area contributed by atoms with Gasteiger partial charge in [0.1, 0.15) is 0 Å². The molecule has 2 aromatic carbocycles. The van der Waals surface area contributed by atoms with E-state index in [-0.39, 0.29) is 11.9 Å². The van der Waals surface area contributed by atoms with Crippen LogP contribution in [0.15, 0.2) is 54.6 Å². The third-order valence-electron chi connectivity index (χ3n) is 6.46. The van der Waals surface area contributed by atoms with Crippen LogP contribution in [0.1, 0.15) is 40.7 Å². The minimum atomic E-state index is -0.907. The van der Waals surface area contributed by atoms with Gasteiger partial charge in [0.15, 0.2) is 0 Å². The average Bonchev–Trinajstić information content (AvgIpc) is 3.23. The largest absolute Gasteiger partial charge is 0.478 e. The summed E-state index contributed by atoms with van der Waals surface area (Å²) < 4.78 is 0. The maximum Gasteiger partial charge on any atom is 0.335 e. The van der Waals surface area contributed by atoms with Crippen LogP contribution in [-0.2, 0) is 17.8 Å². The van der Waals surface area contributed by atoms with E-state index in [0.29, 0.717) is 18.2 Å². The third kappa shape index (κ3) is 3.20. The molecule has 146 valence electrons. The fourth-order valence-corrected chi connectivity index (χ4v) is 5.28. The number of benzene rings is 2. The average molecular weight is 378 g/mol. The van der Waals surface area contributed by atoms with E-state index in [4.69, 9.17) is 0 Å². The molecule has 4 rings (SSSR count). The highest BCUT2D eigenvalue weighted by Crippen LogP contribution is 2.52. The summed E-state index contributed by atoms with van der Waals surface area (Å²) in [6.07, 6.45) is 3.69. The molecule has 3 atom stereocenters. The summed E-state index contributed by atoms with van der Waals surface area (Å²) in [7, 11) is 1.72. The maximum absolute atomic E-state index is 13.1. The molecule has 28 heavy (non-hydrogen) atoms. The van der Waals surface area contributed by atoms with E-state index >= 15 is 0 Å². The molecule has 0 aliphatic carbocycles. The number of nitrogens with zero attached hydrogens (tertiary/aromatic N) is 1. The van der Waals surface area contributed by atoms with Crippen LogP contribution in [0.5, 0.6) is 0 Å². The number of aromatic carboxylic acids is 1. The summed E-state index contributed by atoms with van der Waals surface area (Å²) in [4.78, 5) is 26.8. The second-order valence-corrected chi connectivity index (χ2v) is 8.03. The van der Waals surface area contributed by atoms with E-state index in [1.807, 2.05) is 24.3 Å². The van der Waals surface area contributed by atoms with E-state index in [1.54, 1.807) is 25.2 Å². The number of fused-ring (bicyclic) bond motifs is 2. The maximum atomic E-state index is 13.1. The first-order chi connectivity index (χ1) is 13.5. The van der Waals surface area contributed by atoms with Crippen molar-refractivity contribution >= 4 is 11.9 Å². The van der Waals surface area contributed by atoms with Crippen molar-refractivity contribution in [3.05, 3.63) is 71.3 Å². The molecular formula is C23H26N2O3. The molecule has 2 fully saturated rings. The van der Waals surface area contributed by atoms with Crippen molar-refractivity contribution in [3.8, 4) is 0 Å². The molecule has 0 unspecified atom stereocenters. The Balaban J connectivity index is 1.62. The second kappa shape index (κ2) is 7.40. The van der Waals surface area contributed by atoms with E-state index in [0.717, 1.165) is 31.2 Å². The molecule has 2 heterocycles. The van der Waals surface area contributed by atoms with Gasteiger partial charge in [-0.1, -0.05) is 42.5 Å². The number of amides is 1. The fraction of sp³-hybridized carbons (Fsp3) is 0.391. The van der Waals surface area contributed by atoms with Gasteiger partial charge < -0.3 is 10.4 Å². The fourth-order valence-electron chi connectivity index (χ4n) is 5.28. The van der Waals surface area contributed by atoms with E-state index in [1.165, 1.54) is 5.56 Å². The lowest BCUT2D eigenvalue weighted by Gasteiger charge is -2.36. The molecule has 2 bridgehead atoms. The zero-order valence-electron chi connectivity index (χ0n) is 16.1. The molecule has 0 spiro atoms. The minimum Gasteiger partial charge on any atom is -0.478 e. The molecule has 2 aliphatic heterocycles. The minimum absolute atomic E-state index is 0.118. The molecule has 0 radical (unpaired) electrons. The van der Waals surface area contributed by atoms with Crippen molar-refractivity contribution in [1.29, 1.82) is 0 Å². The number of carboxylic acids is 1. The molecule has 0 aromatic heterocycles. The lowest BCUT2D eigenvalue weighted by atomic mass is 9.69. The van der Waals surface area contributed by atoms with Crippen LogP contribution >= 0.6 is 0 Å². The number of hydrogen-bond acceptors (Lipinski definition) is 3. The Hall–Kier alpha value is -2.66. The van der Waals surface area contributed by atoms with E-state index < -0.39 is 11.4 Å². The zero-order chi connectivity index (χ0) is 19.7. The molecule has 2 aromatic rings. The lowest BCUT2D eigenvalue weighted by Crippen LogP contribution is -2.49. The van der Waals surface area contributed by atoms with Crippen molar-refractivity contribution in [2.75, 3.05) is 7.05 Å². The highest BCUT2D eigenvalue weighted by molar-refractivity contribution is 5.87. The van der Waals surface area contributed by atoms with Gasteiger partial charge in [-0.15, -0.1) is 0 Å². The van der Waals surface area contributed by atoms with Crippen molar-refractivity contribution in [2.45, 2.75) is 44.3 Å². The first kappa shape index (κ1) is 18.7. The summed E-state index contributed by atoms with van der Waals surface area (Å²) in [5, 5.41) is 12.2. The van der Waals surface area contributed by atoms with Gasteiger partial charge in [-0.25, -0.2) is 4.79 Å². The number of rotatable bonds is 6. The van der Waals surface area contributed by atoms with Crippen molar-refractivity contribution in [2.24, 2.45) is 5.41 Å². The Kier molecular flexibility index (Phi) is 4.94. The Labute approximate surface area is 165 Å². The molecular weight excluding hydrogens is 352 g/mol. The molecule has 2 aliphatic rings. The molecule has 5 nitrogen and oxygen atoms in total. The topological polar surface area (TPSA) is 69.6 Å². The van der Waals surface area contributed by atoms with E-state index in [2.05, 4.69) is 22.3 Å². The third-order valence-corrected chi connectivity index (χ3v) is 6.46. The summed E-state index contributed by atoms with van der Waals surface area (Å²) in [5.41, 5.74) is 2.06. The van der Waals surface area contributed by atoms with Crippen molar-refractivity contribution < 1.29 is 14.7 Å². The van der Waals surface area contributed by atoms with Crippen LogP contribution in [-0.4, -0.2) is 41.0 Å². The number of nitrogens with one attached hydrogen (secondary N) is 1. The van der Waals surface area contributed by atoms with Crippen LogP contribution in [0.3, 0.4) is 0 Å². The van der Waals surface area contributed by atoms with Gasteiger partial charge >= 0.3 is 5.97 Å². The van der Waals surface area contributed by atoms with Gasteiger partial charge in [-0.3, -0.25) is 9.69 Å². The van der Waals surface area contributed by atoms with Crippen molar-refractivity contribution in [3.63, 3.8) is 0 Å². The predicted molar refractivity (Wildman–Crippen MR) is 107 cm³/mol. The number of carboxylic acid groups (broad SMARTS) is 1. The summed E-state index contributed by atoms with van der Waals surface area (Å²) in [5.74, 6) is -0.789. The van der Waals surface area contributed by atoms with Gasteiger partial charge in [0.25, 0.3) is 0 Å². The van der Waals surface area contributed by atoms with Gasteiger partial charge in [-0.2, -0.15) is 0 Å². The predicted octanol–water partition coefficient (Wildman–Crippen LogP) is 3.10. The zero-order valence-corrected chi connectivity index (χ0v) is 16.1. The monoisotopic (exact) mass is 378 g/mol. The van der Waals surface area contributed by atoms with Crippen molar-refractivity contribution in [1.82, 2.24) is 10.2 Å². The number of hydrogen-bond donors (Lipinski definition) is 2. The van der Waals surface area contributed by atoms with Crippen LogP contribution in [0.25, 0.3) is 0 Å². The molecule has 0 saturated carbocycles. The number of carbonyl (C=O) groups excluding carboxylic acids is 1. The Bertz CT molecular complexity index is 882. The first-order valence-electron chi connectivity index (χ1n) is 9.87. The van der Waals surface area contributed by atoms with Crippen LogP contribution in [0.2, 0.25) is 0 Å². The molecule has 1 amide bonds. The van der Waals surface area contributed by atoms with Gasteiger partial charge in [-0.05, 0) is 48.9 Å². The molecule has 2 N–H and O–H groups in total. The highest BCUT2D eigenvalue weighted by Gasteiger charge is 2.59. The summed E-state index contributed by atoms with van der Waals surface area (Å²) in [6.45, 7) is 0.685. The molecule has 2 saturated heterocycles. The van der Waals surface area contributed by atoms with Gasteiger partial charge in [0.2, 0.25) is 5.91 Å². The Morgan fingerprint density at radius 3 is 2.57 bits per heavy atom. The van der Waals surface area contributed by atoms with Gasteiger partial charge in [0, 0.05) is 25.7 Å². The summed E-state index contributed by atoms with van der Waals surface area (Å²) in [6, 6.07) is 17.9. The van der Waals surface area contributed by atoms with Crippen LogP contribution < -0.4 is 5.32 Å². The SMILES string of the molecule is CNC(=O)[C@]1(Cc2ccccc2)C[C@@H]2CC[C@H]1N2Cc1cccc(C(=O)O)c1. The summed E-state index contributed by atoms with van der Waals surface area (Å²) >= 11 is 0. The second-order valence-electron chi connectivity index (χ2n) is 8.03. The van der Waals surface area contributed by atoms with Crippen LogP contribution in [0, 0.1) is 5.41 Å². The van der Waals surface area contributed by atoms with Crippen LogP contribution in [0.4, 0.5) is 0 Å². The van der Waals surface area contributed by atoms with Gasteiger partial charge in [0.05, 0.1) is 11.0 Å². The standard InChI is InChI=1S/C23H26N2O3/c1-24-22(28)23(13-16-6-3-2-4-7-16)14-19-10-11-20(23)25(19)15-17-8-5-9-18(12-17)21(26)27/h2-9,12,19-20H,10-11,13-15H2,1H3,(H,24,28)(H,26,27)/t19-,20+,23+/m0/s1. The smallest absolute Gasteiger partial charge is 0.335 e. The normalized spacial score (nSPS) is 26.3. The molecule has 5 heteroatoms. The Morgan fingerprint density at radius 2 is 1.86 bits per heavy atom. The quantitative estimate of drug-likeness (QED) is 0.810. The highest BCUT2D eigenvalue weighted by atomic mass is 16.4. The number of carbonyl (C=O) groups is 2. The lowest BCUT2D eigenvalue weighted by molar-refractivity contribution is -0.132. The Morgan fingerprint density at radius 1 is 1.11 bits per heavy atom. The van der Waals surface area contributed by atoms with E-state index in [9.17, 15) is 14.7 Å².